The van der Waals surface area contributed by atoms with Crippen molar-refractivity contribution in [1.82, 2.24) is 5.32 Å². The predicted octanol–water partition coefficient (Wildman–Crippen LogP) is 9.16. The van der Waals surface area contributed by atoms with Crippen LogP contribution in [0.1, 0.15) is 245 Å². The van der Waals surface area contributed by atoms with Crippen LogP contribution in [0.5, 0.6) is 0 Å². The summed E-state index contributed by atoms with van der Waals surface area (Å²) >= 11 is 0. The van der Waals surface area contributed by atoms with Gasteiger partial charge in [-0.3, -0.25) is 4.79 Å². The fourth-order valence-electron chi connectivity index (χ4n) is 11.7. The first kappa shape index (κ1) is 80.7. The van der Waals surface area contributed by atoms with Crippen LogP contribution in [0.25, 0.3) is 0 Å². The number of hydrogen-bond donors (Lipinski definition) is 12. The van der Waals surface area contributed by atoms with Gasteiger partial charge in [0.2, 0.25) is 5.91 Å². The van der Waals surface area contributed by atoms with Gasteiger partial charge < -0.3 is 89.9 Å². The van der Waals surface area contributed by atoms with Crippen molar-refractivity contribution in [2.45, 2.75) is 349 Å². The van der Waals surface area contributed by atoms with Crippen LogP contribution < -0.4 is 5.32 Å². The van der Waals surface area contributed by atoms with Gasteiger partial charge in [0.25, 0.3) is 0 Å². The van der Waals surface area contributed by atoms with E-state index in [1.165, 1.54) is 122 Å². The van der Waals surface area contributed by atoms with Gasteiger partial charge in [0.05, 0.1) is 38.6 Å². The Labute approximate surface area is 535 Å². The van der Waals surface area contributed by atoms with E-state index in [1.54, 1.807) is 0 Å². The summed E-state index contributed by atoms with van der Waals surface area (Å²) in [5, 5.41) is 121. The van der Waals surface area contributed by atoms with Gasteiger partial charge >= 0.3 is 0 Å². The lowest BCUT2D eigenvalue weighted by Gasteiger charge is -2.48. The zero-order valence-corrected chi connectivity index (χ0v) is 54.6. The van der Waals surface area contributed by atoms with Crippen LogP contribution in [0.2, 0.25) is 0 Å². The maximum atomic E-state index is 13.4. The van der Waals surface area contributed by atoms with E-state index in [4.69, 9.17) is 28.4 Å². The zero-order valence-electron chi connectivity index (χ0n) is 54.6. The number of carbonyl (C=O) groups excluding carboxylic acids is 1. The second-order valence-electron chi connectivity index (χ2n) is 25.0. The first-order chi connectivity index (χ1) is 43.3. The Kier molecular flexibility index (Phi) is 47.0. The number of aliphatic hydroxyl groups excluding tert-OH is 11. The summed E-state index contributed by atoms with van der Waals surface area (Å²) in [6.07, 6.45) is 35.8. The van der Waals surface area contributed by atoms with Crippen LogP contribution in [0.3, 0.4) is 0 Å². The number of carbonyl (C=O) groups is 1. The number of rotatable bonds is 53. The monoisotopic (exact) mass is 1270 g/mol. The van der Waals surface area contributed by atoms with Crippen LogP contribution in [-0.4, -0.2) is 193 Å². The molecule has 3 aliphatic rings. The molecular formula is C70H125NO18. The first-order valence-electron chi connectivity index (χ1n) is 35.0. The fraction of sp³-hybridized carbons (Fsp3) is 0.843. The highest BCUT2D eigenvalue weighted by atomic mass is 16.8. The van der Waals surface area contributed by atoms with Crippen LogP contribution in [0.4, 0.5) is 0 Å². The molecule has 12 N–H and O–H groups in total. The molecule has 0 saturated carbocycles. The molecule has 0 aromatic heterocycles. The smallest absolute Gasteiger partial charge is 0.220 e. The molecule has 0 aliphatic carbocycles. The number of hydrogen-bond acceptors (Lipinski definition) is 18. The molecule has 89 heavy (non-hydrogen) atoms. The molecule has 3 heterocycles. The van der Waals surface area contributed by atoms with Gasteiger partial charge in [-0.15, -0.1) is 0 Å². The standard InChI is InChI=1S/C70H125NO18/c1-3-5-7-9-11-13-15-17-19-21-23-25-26-28-29-31-33-35-37-39-41-43-45-47-54(75)53(71-58(76)48-46-44-42-40-38-36-34-32-30-27-24-22-20-18-16-14-12-10-8-6-4-2)52-84-68-64(82)61(79)66(56(50-73)86-68)89-70-65(83)62(80)67(57(51-74)87-70)88-69-63(81)60(78)59(77)55(49-72)85-69/h6,8,12,14,18,20,24,27,32,34,53-57,59-70,72-75,77-83H,3-5,7,9-11,13,15-17,19,21-23,25-26,28-31,33,35-52H2,1-2H3,(H,71,76)/b8-6-,14-12-,20-18-,27-24-,34-32-. The minimum Gasteiger partial charge on any atom is -0.394 e. The molecular weight excluding hydrogens is 1140 g/mol. The number of ether oxygens (including phenoxy) is 6. The topological polar surface area (TPSA) is 307 Å². The lowest BCUT2D eigenvalue weighted by molar-refractivity contribution is -0.379. The average molecular weight is 1270 g/mol. The molecule has 17 atom stereocenters. The Balaban J connectivity index is 1.44. The largest absolute Gasteiger partial charge is 0.394 e. The molecule has 17 unspecified atom stereocenters. The highest BCUT2D eigenvalue weighted by Gasteiger charge is 2.53. The van der Waals surface area contributed by atoms with Crippen LogP contribution >= 0.6 is 0 Å². The number of nitrogens with one attached hydrogen (secondary N) is 1. The maximum absolute atomic E-state index is 13.4. The summed E-state index contributed by atoms with van der Waals surface area (Å²) in [6, 6.07) is -0.902. The van der Waals surface area contributed by atoms with Gasteiger partial charge in [-0.05, 0) is 57.8 Å². The van der Waals surface area contributed by atoms with Gasteiger partial charge in [-0.1, -0.05) is 242 Å². The van der Waals surface area contributed by atoms with E-state index in [1.807, 2.05) is 0 Å². The molecule has 0 aromatic rings. The third-order valence-corrected chi connectivity index (χ3v) is 17.4. The van der Waals surface area contributed by atoms with E-state index in [0.717, 1.165) is 89.9 Å². The number of allylic oxidation sites excluding steroid dienone is 10. The SMILES string of the molecule is CC/C=C\C/C=C\C/C=C\C/C=C\C/C=C\CCCCCCCC(=O)NC(COC1OC(CO)C(OC2OC(CO)C(OC3OC(CO)C(O)C(O)C3O)C(O)C2O)C(O)C1O)C(O)CCCCCCCCCCCCCCCCCCCCCCCCC. The van der Waals surface area contributed by atoms with Crippen molar-refractivity contribution in [3.05, 3.63) is 60.8 Å². The van der Waals surface area contributed by atoms with Crippen molar-refractivity contribution >= 4 is 5.91 Å². The summed E-state index contributed by atoms with van der Waals surface area (Å²) in [7, 11) is 0. The molecule has 19 nitrogen and oxygen atoms in total. The van der Waals surface area contributed by atoms with Crippen LogP contribution in [0, 0.1) is 0 Å². The van der Waals surface area contributed by atoms with Gasteiger partial charge in [0.1, 0.15) is 73.2 Å². The van der Waals surface area contributed by atoms with Crippen molar-refractivity contribution in [1.29, 1.82) is 0 Å². The fourth-order valence-corrected chi connectivity index (χ4v) is 11.7. The molecule has 3 fully saturated rings. The predicted molar refractivity (Wildman–Crippen MR) is 346 cm³/mol. The molecule has 1 amide bonds. The van der Waals surface area contributed by atoms with Gasteiger partial charge in [0.15, 0.2) is 18.9 Å². The van der Waals surface area contributed by atoms with Crippen molar-refractivity contribution in [3.63, 3.8) is 0 Å². The van der Waals surface area contributed by atoms with Crippen LogP contribution in [0.15, 0.2) is 60.8 Å². The Morgan fingerprint density at radius 1 is 0.416 bits per heavy atom. The third-order valence-electron chi connectivity index (χ3n) is 17.4. The quantitative estimate of drug-likeness (QED) is 0.0199. The van der Waals surface area contributed by atoms with Crippen LogP contribution in [-0.2, 0) is 33.2 Å². The van der Waals surface area contributed by atoms with E-state index in [9.17, 15) is 61.0 Å². The molecule has 0 spiro atoms. The highest BCUT2D eigenvalue weighted by Crippen LogP contribution is 2.33. The number of amides is 1. The van der Waals surface area contributed by atoms with E-state index in [2.05, 4.69) is 79.9 Å². The Bertz CT molecular complexity index is 1850. The zero-order chi connectivity index (χ0) is 64.7. The van der Waals surface area contributed by atoms with E-state index in [-0.39, 0.29) is 18.9 Å². The molecule has 0 bridgehead atoms. The van der Waals surface area contributed by atoms with E-state index >= 15 is 0 Å². The van der Waals surface area contributed by atoms with Crippen molar-refractivity contribution in [3.8, 4) is 0 Å². The summed E-state index contributed by atoms with van der Waals surface area (Å²) < 4.78 is 34.4. The van der Waals surface area contributed by atoms with Crippen molar-refractivity contribution < 1.29 is 89.4 Å². The van der Waals surface area contributed by atoms with Gasteiger partial charge in [0, 0.05) is 6.42 Å². The summed E-state index contributed by atoms with van der Waals surface area (Å²) in [4.78, 5) is 13.4. The minimum absolute atomic E-state index is 0.242. The number of aliphatic hydroxyl groups is 11. The summed E-state index contributed by atoms with van der Waals surface area (Å²) in [5.74, 6) is -0.261. The molecule has 0 aromatic carbocycles. The van der Waals surface area contributed by atoms with E-state index < -0.39 is 124 Å². The summed E-state index contributed by atoms with van der Waals surface area (Å²) in [6.45, 7) is 1.68. The Hall–Kier alpha value is -2.51. The first-order valence-corrected chi connectivity index (χ1v) is 35.0. The third kappa shape index (κ3) is 33.9. The molecule has 518 valence electrons. The van der Waals surface area contributed by atoms with Crippen molar-refractivity contribution in [2.24, 2.45) is 0 Å². The lowest BCUT2D eigenvalue weighted by atomic mass is 9.96. The normalized spacial score (nSPS) is 28.6. The average Bonchev–Trinajstić information content (AvgIpc) is 1.93. The second kappa shape index (κ2) is 51.8. The Morgan fingerprint density at radius 3 is 1.21 bits per heavy atom. The Morgan fingerprint density at radius 2 is 0.775 bits per heavy atom. The summed E-state index contributed by atoms with van der Waals surface area (Å²) in [5.41, 5.74) is 0. The number of unbranched alkanes of at least 4 members (excludes halogenated alkanes) is 27. The molecule has 19 heteroatoms. The lowest BCUT2D eigenvalue weighted by Crippen LogP contribution is -2.66. The van der Waals surface area contributed by atoms with E-state index in [0.29, 0.717) is 12.8 Å². The molecule has 0 radical (unpaired) electrons. The highest BCUT2D eigenvalue weighted by molar-refractivity contribution is 5.76. The molecule has 3 aliphatic heterocycles. The van der Waals surface area contributed by atoms with Crippen molar-refractivity contribution in [2.75, 3.05) is 26.4 Å². The molecule has 3 saturated heterocycles. The van der Waals surface area contributed by atoms with Gasteiger partial charge in [-0.2, -0.15) is 0 Å². The minimum atomic E-state index is -1.98. The second-order valence-corrected chi connectivity index (χ2v) is 25.0. The molecule has 3 rings (SSSR count). The van der Waals surface area contributed by atoms with Gasteiger partial charge in [-0.25, -0.2) is 0 Å². The maximum Gasteiger partial charge on any atom is 0.220 e.